The summed E-state index contributed by atoms with van der Waals surface area (Å²) in [6, 6.07) is 5.35. The van der Waals surface area contributed by atoms with E-state index in [1.165, 1.54) is 0 Å². The van der Waals surface area contributed by atoms with Gasteiger partial charge in [0.25, 0.3) is 0 Å². The van der Waals surface area contributed by atoms with Crippen molar-refractivity contribution in [3.8, 4) is 0 Å². The van der Waals surface area contributed by atoms with Gasteiger partial charge in [0.15, 0.2) is 0 Å². The first-order chi connectivity index (χ1) is 9.08. The molecule has 0 aliphatic carbocycles. The van der Waals surface area contributed by atoms with Gasteiger partial charge in [-0.1, -0.05) is 12.1 Å². The summed E-state index contributed by atoms with van der Waals surface area (Å²) in [7, 11) is 0. The number of carbonyl (C=O) groups is 2. The maximum atomic E-state index is 12.0. The molecule has 1 fully saturated rings. The fourth-order valence-corrected chi connectivity index (χ4v) is 2.09. The van der Waals surface area contributed by atoms with Crippen molar-refractivity contribution in [2.24, 2.45) is 0 Å². The molecule has 5 nitrogen and oxygen atoms in total. The van der Waals surface area contributed by atoms with Crippen molar-refractivity contribution in [3.05, 3.63) is 29.3 Å². The maximum absolute atomic E-state index is 12.0. The minimum absolute atomic E-state index is 0.109. The Morgan fingerprint density at radius 3 is 2.89 bits per heavy atom. The number of carbonyl (C=O) groups excluding carboxylic acids is 2. The van der Waals surface area contributed by atoms with E-state index in [0.29, 0.717) is 13.1 Å². The molecule has 1 aromatic rings. The van der Waals surface area contributed by atoms with Gasteiger partial charge in [-0.05, 0) is 31.0 Å². The molecule has 1 aromatic carbocycles. The van der Waals surface area contributed by atoms with Crippen LogP contribution in [0, 0.1) is 13.8 Å². The van der Waals surface area contributed by atoms with Gasteiger partial charge >= 0.3 is 0 Å². The lowest BCUT2D eigenvalue weighted by Crippen LogP contribution is -2.53. The predicted molar refractivity (Wildman–Crippen MR) is 74.0 cm³/mol. The van der Waals surface area contributed by atoms with Crippen molar-refractivity contribution in [2.45, 2.75) is 26.3 Å². The van der Waals surface area contributed by atoms with E-state index in [1.54, 1.807) is 0 Å². The van der Waals surface area contributed by atoms with E-state index in [1.807, 2.05) is 32.0 Å². The average Bonchev–Trinajstić information content (AvgIpc) is 2.38. The second-order valence-corrected chi connectivity index (χ2v) is 4.80. The van der Waals surface area contributed by atoms with Crippen LogP contribution >= 0.6 is 0 Å². The summed E-state index contributed by atoms with van der Waals surface area (Å²) in [6.45, 7) is 5.29. The first-order valence-corrected chi connectivity index (χ1v) is 6.45. The number of piperazine rings is 1. The molecule has 1 unspecified atom stereocenters. The number of hydrogen-bond donors (Lipinski definition) is 3. The van der Waals surface area contributed by atoms with Crippen molar-refractivity contribution in [3.63, 3.8) is 0 Å². The molecule has 0 radical (unpaired) electrons. The summed E-state index contributed by atoms with van der Waals surface area (Å²) in [6.07, 6.45) is 0.152. The third-order valence-electron chi connectivity index (χ3n) is 3.40. The average molecular weight is 261 g/mol. The number of anilines is 1. The summed E-state index contributed by atoms with van der Waals surface area (Å²) < 4.78 is 0. The van der Waals surface area contributed by atoms with Crippen molar-refractivity contribution >= 4 is 17.5 Å². The Labute approximate surface area is 112 Å². The first kappa shape index (κ1) is 13.5. The molecule has 1 aliphatic heterocycles. The third-order valence-corrected chi connectivity index (χ3v) is 3.40. The molecule has 1 saturated heterocycles. The van der Waals surface area contributed by atoms with E-state index in [0.717, 1.165) is 16.8 Å². The summed E-state index contributed by atoms with van der Waals surface area (Å²) in [5, 5.41) is 8.64. The molecule has 0 saturated carbocycles. The van der Waals surface area contributed by atoms with Gasteiger partial charge in [0.05, 0.1) is 12.5 Å². The molecule has 1 aliphatic rings. The molecule has 2 rings (SSSR count). The monoisotopic (exact) mass is 261 g/mol. The smallest absolute Gasteiger partial charge is 0.237 e. The van der Waals surface area contributed by atoms with Crippen LogP contribution in [0.2, 0.25) is 0 Å². The number of rotatable bonds is 3. The van der Waals surface area contributed by atoms with Crippen LogP contribution in [-0.4, -0.2) is 30.9 Å². The highest BCUT2D eigenvalue weighted by Crippen LogP contribution is 2.18. The summed E-state index contributed by atoms with van der Waals surface area (Å²) in [5.74, 6) is -0.259. The normalized spacial score (nSPS) is 18.8. The second-order valence-electron chi connectivity index (χ2n) is 4.80. The van der Waals surface area contributed by atoms with Gasteiger partial charge in [-0.2, -0.15) is 0 Å². The molecule has 5 heteroatoms. The lowest BCUT2D eigenvalue weighted by molar-refractivity contribution is -0.127. The Morgan fingerprint density at radius 2 is 2.16 bits per heavy atom. The van der Waals surface area contributed by atoms with Gasteiger partial charge in [-0.3, -0.25) is 9.59 Å². The molecule has 19 heavy (non-hydrogen) atoms. The number of amides is 2. The van der Waals surface area contributed by atoms with Crippen LogP contribution in [0.3, 0.4) is 0 Å². The number of benzene rings is 1. The lowest BCUT2D eigenvalue weighted by Gasteiger charge is -2.23. The summed E-state index contributed by atoms with van der Waals surface area (Å²) in [4.78, 5) is 23.5. The topological polar surface area (TPSA) is 70.2 Å². The van der Waals surface area contributed by atoms with E-state index in [2.05, 4.69) is 16.0 Å². The van der Waals surface area contributed by atoms with E-state index < -0.39 is 6.04 Å². The van der Waals surface area contributed by atoms with Crippen LogP contribution in [-0.2, 0) is 9.59 Å². The first-order valence-electron chi connectivity index (χ1n) is 6.45. The zero-order chi connectivity index (χ0) is 13.8. The largest absolute Gasteiger partial charge is 0.353 e. The minimum Gasteiger partial charge on any atom is -0.353 e. The van der Waals surface area contributed by atoms with Crippen LogP contribution < -0.4 is 16.0 Å². The Kier molecular flexibility index (Phi) is 4.16. The predicted octanol–water partition coefficient (Wildman–Crippen LogP) is 0.720. The molecule has 1 heterocycles. The van der Waals surface area contributed by atoms with E-state index in [-0.39, 0.29) is 18.2 Å². The zero-order valence-corrected chi connectivity index (χ0v) is 11.2. The maximum Gasteiger partial charge on any atom is 0.237 e. The summed E-state index contributed by atoms with van der Waals surface area (Å²) in [5.41, 5.74) is 2.99. The quantitative estimate of drug-likeness (QED) is 0.751. The number of aryl methyl sites for hydroxylation is 1. The second kappa shape index (κ2) is 5.84. The molecule has 102 valence electrons. The lowest BCUT2D eigenvalue weighted by atomic mass is 10.1. The SMILES string of the molecule is Cc1cccc(NC(=O)CC2NCCNC2=O)c1C. The third kappa shape index (κ3) is 3.32. The van der Waals surface area contributed by atoms with Gasteiger partial charge in [-0.15, -0.1) is 0 Å². The Bertz CT molecular complexity index is 499. The molecular formula is C14H19N3O2. The van der Waals surface area contributed by atoms with Gasteiger partial charge in [-0.25, -0.2) is 0 Å². The van der Waals surface area contributed by atoms with Crippen molar-refractivity contribution in [1.29, 1.82) is 0 Å². The molecule has 1 atom stereocenters. The highest BCUT2D eigenvalue weighted by Gasteiger charge is 2.24. The van der Waals surface area contributed by atoms with Crippen LogP contribution in [0.4, 0.5) is 5.69 Å². The van der Waals surface area contributed by atoms with Crippen molar-refractivity contribution in [2.75, 3.05) is 18.4 Å². The Balaban J connectivity index is 1.97. The molecule has 0 bridgehead atoms. The Hall–Kier alpha value is -1.88. The van der Waals surface area contributed by atoms with Gasteiger partial charge in [0.1, 0.15) is 0 Å². The van der Waals surface area contributed by atoms with Gasteiger partial charge in [0, 0.05) is 18.8 Å². The molecule has 0 aromatic heterocycles. The van der Waals surface area contributed by atoms with Crippen LogP contribution in [0.15, 0.2) is 18.2 Å². The molecular weight excluding hydrogens is 242 g/mol. The van der Waals surface area contributed by atoms with E-state index in [9.17, 15) is 9.59 Å². The van der Waals surface area contributed by atoms with Crippen LogP contribution in [0.5, 0.6) is 0 Å². The molecule has 2 amide bonds. The van der Waals surface area contributed by atoms with Crippen LogP contribution in [0.25, 0.3) is 0 Å². The standard InChI is InChI=1S/C14H19N3O2/c1-9-4-3-5-11(10(9)2)17-13(18)8-12-14(19)16-7-6-15-12/h3-5,12,15H,6-8H2,1-2H3,(H,16,19)(H,17,18). The molecule has 3 N–H and O–H groups in total. The van der Waals surface area contributed by atoms with E-state index in [4.69, 9.17) is 0 Å². The Morgan fingerprint density at radius 1 is 1.37 bits per heavy atom. The minimum atomic E-state index is -0.432. The van der Waals surface area contributed by atoms with Crippen molar-refractivity contribution in [1.82, 2.24) is 10.6 Å². The van der Waals surface area contributed by atoms with Crippen LogP contribution in [0.1, 0.15) is 17.5 Å². The highest BCUT2D eigenvalue weighted by molar-refractivity contribution is 5.96. The van der Waals surface area contributed by atoms with Gasteiger partial charge < -0.3 is 16.0 Å². The number of nitrogens with one attached hydrogen (secondary N) is 3. The molecule has 0 spiro atoms. The van der Waals surface area contributed by atoms with E-state index >= 15 is 0 Å². The zero-order valence-electron chi connectivity index (χ0n) is 11.2. The fraction of sp³-hybridized carbons (Fsp3) is 0.429. The number of hydrogen-bond acceptors (Lipinski definition) is 3. The summed E-state index contributed by atoms with van der Waals surface area (Å²) >= 11 is 0. The van der Waals surface area contributed by atoms with Crippen molar-refractivity contribution < 1.29 is 9.59 Å². The highest BCUT2D eigenvalue weighted by atomic mass is 16.2. The van der Waals surface area contributed by atoms with Gasteiger partial charge in [0.2, 0.25) is 11.8 Å². The fourth-order valence-electron chi connectivity index (χ4n) is 2.09.